The zero-order valence-electron chi connectivity index (χ0n) is 11.0. The minimum Gasteiger partial charge on any atom is -0.337 e. The number of hydrogen-bond donors (Lipinski definition) is 1. The van der Waals surface area contributed by atoms with Crippen molar-refractivity contribution in [3.63, 3.8) is 0 Å². The van der Waals surface area contributed by atoms with Crippen LogP contribution in [0.25, 0.3) is 0 Å². The molecule has 0 saturated carbocycles. The molecule has 1 N–H and O–H groups in total. The van der Waals surface area contributed by atoms with Gasteiger partial charge in [0.15, 0.2) is 9.84 Å². The summed E-state index contributed by atoms with van der Waals surface area (Å²) in [5.74, 6) is 2.13. The fourth-order valence-corrected chi connectivity index (χ4v) is 4.79. The first-order valence-corrected chi connectivity index (χ1v) is 9.12. The van der Waals surface area contributed by atoms with E-state index in [1.54, 1.807) is 24.2 Å². The zero-order valence-corrected chi connectivity index (χ0v) is 12.7. The van der Waals surface area contributed by atoms with Crippen LogP contribution in [0.2, 0.25) is 0 Å². The third-order valence-electron chi connectivity index (χ3n) is 2.92. The molecule has 19 heavy (non-hydrogen) atoms. The van der Waals surface area contributed by atoms with Crippen LogP contribution in [-0.2, 0) is 16.4 Å². The molecule has 1 saturated heterocycles. The van der Waals surface area contributed by atoms with E-state index in [1.165, 1.54) is 6.26 Å². The van der Waals surface area contributed by atoms with E-state index in [0.717, 1.165) is 11.4 Å². The van der Waals surface area contributed by atoms with Crippen molar-refractivity contribution in [1.29, 1.82) is 0 Å². The molecule has 8 heteroatoms. The van der Waals surface area contributed by atoms with Gasteiger partial charge in [0.25, 0.3) is 0 Å². The highest BCUT2D eigenvalue weighted by molar-refractivity contribution is 8.01. The van der Waals surface area contributed by atoms with E-state index in [0.29, 0.717) is 24.7 Å². The van der Waals surface area contributed by atoms with Gasteiger partial charge in [-0.2, -0.15) is 11.8 Å². The minimum atomic E-state index is -3.12. The van der Waals surface area contributed by atoms with Gasteiger partial charge < -0.3 is 10.2 Å². The normalized spacial score (nSPS) is 20.5. The molecule has 1 atom stereocenters. The summed E-state index contributed by atoms with van der Waals surface area (Å²) in [6, 6.07) is 0. The summed E-state index contributed by atoms with van der Waals surface area (Å²) >= 11 is 1.66. The summed E-state index contributed by atoms with van der Waals surface area (Å²) in [7, 11) is -1.27. The topological polar surface area (TPSA) is 75.2 Å². The third-order valence-corrected chi connectivity index (χ3v) is 5.57. The van der Waals surface area contributed by atoms with Crippen molar-refractivity contribution in [1.82, 2.24) is 15.3 Å². The first-order chi connectivity index (χ1) is 9.02. The van der Waals surface area contributed by atoms with Crippen molar-refractivity contribution in [2.24, 2.45) is 0 Å². The molecule has 0 bridgehead atoms. The quantitative estimate of drug-likeness (QED) is 0.846. The van der Waals surface area contributed by atoms with E-state index in [2.05, 4.69) is 15.3 Å². The van der Waals surface area contributed by atoms with Gasteiger partial charge in [-0.05, 0) is 7.05 Å². The summed E-state index contributed by atoms with van der Waals surface area (Å²) in [5.41, 5.74) is 0.841. The predicted octanol–water partition coefficient (Wildman–Crippen LogP) is 0.120. The van der Waals surface area contributed by atoms with Crippen LogP contribution >= 0.6 is 11.8 Å². The van der Waals surface area contributed by atoms with Gasteiger partial charge in [-0.15, -0.1) is 0 Å². The Morgan fingerprint density at radius 1 is 1.47 bits per heavy atom. The van der Waals surface area contributed by atoms with Gasteiger partial charge in [-0.3, -0.25) is 4.98 Å². The maximum absolute atomic E-state index is 11.8. The number of thioether (sulfide) groups is 1. The number of nitrogens with zero attached hydrogens (tertiary/aromatic N) is 3. The molecular weight excluding hydrogens is 284 g/mol. The Morgan fingerprint density at radius 3 is 2.84 bits per heavy atom. The highest BCUT2D eigenvalue weighted by Crippen LogP contribution is 2.24. The van der Waals surface area contributed by atoms with Crippen molar-refractivity contribution < 1.29 is 8.42 Å². The SMILES string of the molecule is CNCc1cnc(N2CCSCC2S(C)(=O)=O)cn1. The monoisotopic (exact) mass is 302 g/mol. The highest BCUT2D eigenvalue weighted by Gasteiger charge is 2.31. The van der Waals surface area contributed by atoms with Gasteiger partial charge in [0, 0.05) is 30.9 Å². The first kappa shape index (κ1) is 14.5. The van der Waals surface area contributed by atoms with Gasteiger partial charge in [0.1, 0.15) is 11.2 Å². The number of rotatable bonds is 4. The van der Waals surface area contributed by atoms with Crippen LogP contribution in [0.4, 0.5) is 5.82 Å². The van der Waals surface area contributed by atoms with Crippen molar-refractivity contribution >= 4 is 27.4 Å². The number of sulfone groups is 1. The Kier molecular flexibility index (Phi) is 4.64. The zero-order chi connectivity index (χ0) is 13.9. The first-order valence-electron chi connectivity index (χ1n) is 6.01. The standard InChI is InChI=1S/C11H18N4O2S2/c1-12-5-9-6-14-10(7-13-9)15-3-4-18-8-11(15)19(2,16)17/h6-7,11-12H,3-5,8H2,1-2H3. The predicted molar refractivity (Wildman–Crippen MR) is 78.1 cm³/mol. The molecule has 0 amide bonds. The second kappa shape index (κ2) is 6.06. The largest absolute Gasteiger partial charge is 0.337 e. The lowest BCUT2D eigenvalue weighted by Crippen LogP contribution is -2.47. The van der Waals surface area contributed by atoms with Crippen molar-refractivity contribution in [2.45, 2.75) is 11.9 Å². The Balaban J connectivity index is 2.22. The molecule has 6 nitrogen and oxygen atoms in total. The number of anilines is 1. The van der Waals surface area contributed by atoms with E-state index in [9.17, 15) is 8.42 Å². The Bertz CT molecular complexity index is 518. The Hall–Kier alpha value is -0.860. The lowest BCUT2D eigenvalue weighted by atomic mass is 10.4. The lowest BCUT2D eigenvalue weighted by molar-refractivity contribution is 0.583. The second-order valence-electron chi connectivity index (χ2n) is 4.45. The van der Waals surface area contributed by atoms with Gasteiger partial charge in [-0.25, -0.2) is 13.4 Å². The van der Waals surface area contributed by atoms with Crippen LogP contribution in [0.1, 0.15) is 5.69 Å². The van der Waals surface area contributed by atoms with E-state index in [4.69, 9.17) is 0 Å². The maximum Gasteiger partial charge on any atom is 0.169 e. The van der Waals surface area contributed by atoms with Crippen LogP contribution < -0.4 is 10.2 Å². The minimum absolute atomic E-state index is 0.504. The number of hydrogen-bond acceptors (Lipinski definition) is 7. The molecule has 0 spiro atoms. The van der Waals surface area contributed by atoms with Gasteiger partial charge in [0.05, 0.1) is 18.1 Å². The Morgan fingerprint density at radius 2 is 2.26 bits per heavy atom. The van der Waals surface area contributed by atoms with Crippen LogP contribution in [0.15, 0.2) is 12.4 Å². The molecule has 0 radical (unpaired) electrons. The van der Waals surface area contributed by atoms with Gasteiger partial charge in [-0.1, -0.05) is 0 Å². The molecule has 106 valence electrons. The molecule has 2 heterocycles. The van der Waals surface area contributed by atoms with Gasteiger partial charge in [0.2, 0.25) is 0 Å². The molecule has 0 aromatic carbocycles. The van der Waals surface area contributed by atoms with Crippen molar-refractivity contribution in [2.75, 3.05) is 36.3 Å². The fourth-order valence-electron chi connectivity index (χ4n) is 1.97. The number of aromatic nitrogens is 2. The molecule has 1 aromatic heterocycles. The Labute approximate surface area is 117 Å². The molecule has 0 aliphatic carbocycles. The smallest absolute Gasteiger partial charge is 0.169 e. The molecular formula is C11H18N4O2S2. The van der Waals surface area contributed by atoms with E-state index in [-0.39, 0.29) is 0 Å². The molecule has 1 fully saturated rings. The molecule has 2 rings (SSSR count). The van der Waals surface area contributed by atoms with E-state index < -0.39 is 15.2 Å². The second-order valence-corrected chi connectivity index (χ2v) is 7.80. The maximum atomic E-state index is 11.8. The van der Waals surface area contributed by atoms with Crippen LogP contribution in [0.3, 0.4) is 0 Å². The third kappa shape index (κ3) is 3.58. The van der Waals surface area contributed by atoms with Crippen LogP contribution in [0, 0.1) is 0 Å². The molecule has 1 aliphatic rings. The molecule has 1 aliphatic heterocycles. The average molecular weight is 302 g/mol. The van der Waals surface area contributed by atoms with Crippen LogP contribution in [-0.4, -0.2) is 55.1 Å². The summed E-state index contributed by atoms with van der Waals surface area (Å²) < 4.78 is 23.7. The summed E-state index contributed by atoms with van der Waals surface area (Å²) in [5, 5.41) is 2.50. The van der Waals surface area contributed by atoms with Crippen LogP contribution in [0.5, 0.6) is 0 Å². The van der Waals surface area contributed by atoms with Crippen molar-refractivity contribution in [3.8, 4) is 0 Å². The lowest BCUT2D eigenvalue weighted by Gasteiger charge is -2.34. The highest BCUT2D eigenvalue weighted by atomic mass is 32.2. The molecule has 1 unspecified atom stereocenters. The van der Waals surface area contributed by atoms with E-state index in [1.807, 2.05) is 11.9 Å². The molecule has 1 aromatic rings. The summed E-state index contributed by atoms with van der Waals surface area (Å²) in [6.07, 6.45) is 4.62. The fraction of sp³-hybridized carbons (Fsp3) is 0.636. The number of nitrogens with one attached hydrogen (secondary N) is 1. The van der Waals surface area contributed by atoms with Gasteiger partial charge >= 0.3 is 0 Å². The van der Waals surface area contributed by atoms with Crippen molar-refractivity contribution in [3.05, 3.63) is 18.1 Å². The summed E-state index contributed by atoms with van der Waals surface area (Å²) in [6.45, 7) is 1.33. The summed E-state index contributed by atoms with van der Waals surface area (Å²) in [4.78, 5) is 10.5. The average Bonchev–Trinajstić information content (AvgIpc) is 2.39. The van der Waals surface area contributed by atoms with E-state index >= 15 is 0 Å².